The van der Waals surface area contributed by atoms with Gasteiger partial charge in [-0.3, -0.25) is 0 Å². The number of hydrogen-bond donors (Lipinski definition) is 2. The number of halogens is 1. The van der Waals surface area contributed by atoms with Crippen LogP contribution >= 0.6 is 11.6 Å². The normalized spacial score (nSPS) is 18.3. The summed E-state index contributed by atoms with van der Waals surface area (Å²) in [5.74, 6) is 0.881. The van der Waals surface area contributed by atoms with Crippen molar-refractivity contribution in [1.82, 2.24) is 5.32 Å². The highest BCUT2D eigenvalue weighted by Crippen LogP contribution is 2.35. The first-order chi connectivity index (χ1) is 11.8. The molecule has 0 radical (unpaired) electrons. The van der Waals surface area contributed by atoms with Crippen LogP contribution in [0.1, 0.15) is 48.9 Å². The fraction of sp³-hybridized carbons (Fsp3) is 0.400. The van der Waals surface area contributed by atoms with E-state index in [1.165, 1.54) is 11.1 Å². The van der Waals surface area contributed by atoms with Crippen LogP contribution in [0.4, 0.5) is 0 Å². The van der Waals surface area contributed by atoms with Gasteiger partial charge in [0.05, 0.1) is 6.61 Å². The Morgan fingerprint density at radius 3 is 2.83 bits per heavy atom. The average molecular weight is 346 g/mol. The van der Waals surface area contributed by atoms with Gasteiger partial charge in [-0.15, -0.1) is 0 Å². The summed E-state index contributed by atoms with van der Waals surface area (Å²) < 4.78 is 5.86. The molecule has 0 saturated heterocycles. The van der Waals surface area contributed by atoms with E-state index in [1.807, 2.05) is 18.2 Å². The molecule has 2 aromatic rings. The zero-order valence-corrected chi connectivity index (χ0v) is 14.5. The molecule has 2 atom stereocenters. The van der Waals surface area contributed by atoms with E-state index in [9.17, 15) is 5.11 Å². The molecule has 2 unspecified atom stereocenters. The van der Waals surface area contributed by atoms with Crippen molar-refractivity contribution in [2.75, 3.05) is 13.2 Å². The fourth-order valence-electron chi connectivity index (χ4n) is 3.29. The molecule has 0 aromatic heterocycles. The van der Waals surface area contributed by atoms with Gasteiger partial charge in [0.1, 0.15) is 5.75 Å². The van der Waals surface area contributed by atoms with Gasteiger partial charge in [0.25, 0.3) is 0 Å². The van der Waals surface area contributed by atoms with E-state index in [4.69, 9.17) is 16.3 Å². The molecular weight excluding hydrogens is 322 g/mol. The van der Waals surface area contributed by atoms with Gasteiger partial charge in [-0.2, -0.15) is 0 Å². The number of benzene rings is 2. The smallest absolute Gasteiger partial charge is 0.125 e. The van der Waals surface area contributed by atoms with Gasteiger partial charge in [-0.05, 0) is 43.4 Å². The van der Waals surface area contributed by atoms with Gasteiger partial charge < -0.3 is 15.2 Å². The second-order valence-electron chi connectivity index (χ2n) is 6.22. The van der Waals surface area contributed by atoms with Crippen LogP contribution in [0, 0.1) is 0 Å². The number of nitrogens with one attached hydrogen (secondary N) is 1. The summed E-state index contributed by atoms with van der Waals surface area (Å²) in [6.07, 6.45) is 3.71. The lowest BCUT2D eigenvalue weighted by atomic mass is 9.96. The summed E-state index contributed by atoms with van der Waals surface area (Å²) in [7, 11) is 0. The minimum absolute atomic E-state index is 0.213. The summed E-state index contributed by atoms with van der Waals surface area (Å²) in [5, 5.41) is 13.7. The van der Waals surface area contributed by atoms with Gasteiger partial charge in [-0.1, -0.05) is 48.0 Å². The van der Waals surface area contributed by atoms with Crippen molar-refractivity contribution in [1.29, 1.82) is 0 Å². The highest BCUT2D eigenvalue weighted by molar-refractivity contribution is 6.30. The van der Waals surface area contributed by atoms with E-state index < -0.39 is 0 Å². The first kappa shape index (κ1) is 17.3. The highest BCUT2D eigenvalue weighted by Gasteiger charge is 2.23. The lowest BCUT2D eigenvalue weighted by Crippen LogP contribution is -2.26. The Morgan fingerprint density at radius 1 is 1.21 bits per heavy atom. The molecule has 0 saturated carbocycles. The van der Waals surface area contributed by atoms with Crippen molar-refractivity contribution in [3.63, 3.8) is 0 Å². The number of aliphatic hydroxyl groups is 1. The maximum Gasteiger partial charge on any atom is 0.125 e. The summed E-state index contributed by atoms with van der Waals surface area (Å²) in [6, 6.07) is 16.8. The van der Waals surface area contributed by atoms with E-state index in [0.717, 1.165) is 38.0 Å². The molecule has 0 spiro atoms. The minimum atomic E-state index is 0.213. The summed E-state index contributed by atoms with van der Waals surface area (Å²) in [5.41, 5.74) is 2.42. The first-order valence-electron chi connectivity index (χ1n) is 8.62. The van der Waals surface area contributed by atoms with Crippen LogP contribution in [0.15, 0.2) is 48.5 Å². The Morgan fingerprint density at radius 2 is 2.04 bits per heavy atom. The number of aliphatic hydroxyl groups excluding tert-OH is 1. The Labute approximate surface area is 148 Å². The van der Waals surface area contributed by atoms with Crippen molar-refractivity contribution in [2.24, 2.45) is 0 Å². The molecule has 0 bridgehead atoms. The maximum absolute atomic E-state index is 9.24. The third-order valence-electron chi connectivity index (χ3n) is 4.50. The third-order valence-corrected chi connectivity index (χ3v) is 4.74. The molecule has 1 aliphatic heterocycles. The first-order valence-corrected chi connectivity index (χ1v) is 9.00. The number of ether oxygens (including phenoxy) is 1. The molecule has 2 aromatic carbocycles. The standard InChI is InChI=1S/C20H24ClNO2/c21-16-10-11-17-19(9-5-13-24-20(17)14-16)22-18(8-4-12-23)15-6-2-1-3-7-15/h1-3,6-7,10-11,14,18-19,22-23H,4-5,8-9,12-13H2. The van der Waals surface area contributed by atoms with Crippen LogP contribution in [0.2, 0.25) is 5.02 Å². The van der Waals surface area contributed by atoms with Crippen LogP contribution in [0.25, 0.3) is 0 Å². The minimum Gasteiger partial charge on any atom is -0.493 e. The van der Waals surface area contributed by atoms with Gasteiger partial charge in [0.15, 0.2) is 0 Å². The largest absolute Gasteiger partial charge is 0.493 e. The summed E-state index contributed by atoms with van der Waals surface area (Å²) in [4.78, 5) is 0. The zero-order chi connectivity index (χ0) is 16.8. The molecule has 2 N–H and O–H groups in total. The molecule has 0 fully saturated rings. The molecule has 4 heteroatoms. The Bertz CT molecular complexity index is 647. The molecule has 24 heavy (non-hydrogen) atoms. The zero-order valence-electron chi connectivity index (χ0n) is 13.7. The predicted molar refractivity (Wildman–Crippen MR) is 97.6 cm³/mol. The summed E-state index contributed by atoms with van der Waals surface area (Å²) in [6.45, 7) is 0.934. The predicted octanol–water partition coefficient (Wildman–Crippen LogP) is 4.66. The van der Waals surface area contributed by atoms with Gasteiger partial charge >= 0.3 is 0 Å². The van der Waals surface area contributed by atoms with Crippen LogP contribution in [-0.2, 0) is 0 Å². The van der Waals surface area contributed by atoms with Gasteiger partial charge in [0, 0.05) is 29.3 Å². The molecule has 3 nitrogen and oxygen atoms in total. The van der Waals surface area contributed by atoms with Gasteiger partial charge in [0.2, 0.25) is 0 Å². The summed E-state index contributed by atoms with van der Waals surface area (Å²) >= 11 is 6.12. The van der Waals surface area contributed by atoms with E-state index in [-0.39, 0.29) is 18.7 Å². The lowest BCUT2D eigenvalue weighted by Gasteiger charge is -2.26. The molecule has 1 aliphatic rings. The topological polar surface area (TPSA) is 41.5 Å². The molecular formula is C20H24ClNO2. The second kappa shape index (κ2) is 8.52. The molecule has 128 valence electrons. The van der Waals surface area contributed by atoms with E-state index in [2.05, 4.69) is 35.6 Å². The maximum atomic E-state index is 9.24. The van der Waals surface area contributed by atoms with Crippen LogP contribution in [-0.4, -0.2) is 18.3 Å². The van der Waals surface area contributed by atoms with E-state index in [1.54, 1.807) is 0 Å². The van der Waals surface area contributed by atoms with Crippen molar-refractivity contribution in [3.05, 3.63) is 64.7 Å². The monoisotopic (exact) mass is 345 g/mol. The number of rotatable bonds is 6. The average Bonchev–Trinajstić information content (AvgIpc) is 2.81. The van der Waals surface area contributed by atoms with Crippen molar-refractivity contribution < 1.29 is 9.84 Å². The number of hydrogen-bond acceptors (Lipinski definition) is 3. The Kier molecular flexibility index (Phi) is 6.13. The SMILES string of the molecule is OCCCC(NC1CCCOc2cc(Cl)ccc21)c1ccccc1. The quantitative estimate of drug-likeness (QED) is 0.800. The van der Waals surface area contributed by atoms with Crippen LogP contribution in [0.3, 0.4) is 0 Å². The number of fused-ring (bicyclic) bond motifs is 1. The second-order valence-corrected chi connectivity index (χ2v) is 6.66. The van der Waals surface area contributed by atoms with E-state index in [0.29, 0.717) is 5.02 Å². The fourth-order valence-corrected chi connectivity index (χ4v) is 3.45. The molecule has 0 amide bonds. The molecule has 0 aliphatic carbocycles. The van der Waals surface area contributed by atoms with Crippen molar-refractivity contribution in [2.45, 2.75) is 37.8 Å². The van der Waals surface area contributed by atoms with Crippen molar-refractivity contribution >= 4 is 11.6 Å². The van der Waals surface area contributed by atoms with Crippen LogP contribution in [0.5, 0.6) is 5.75 Å². The molecule has 1 heterocycles. The Balaban J connectivity index is 1.84. The Hall–Kier alpha value is -1.55. The van der Waals surface area contributed by atoms with E-state index >= 15 is 0 Å². The van der Waals surface area contributed by atoms with Crippen molar-refractivity contribution in [3.8, 4) is 5.75 Å². The third kappa shape index (κ3) is 4.29. The highest BCUT2D eigenvalue weighted by atomic mass is 35.5. The van der Waals surface area contributed by atoms with Gasteiger partial charge in [-0.25, -0.2) is 0 Å². The lowest BCUT2D eigenvalue weighted by molar-refractivity contribution is 0.270. The molecule has 3 rings (SSSR count). The van der Waals surface area contributed by atoms with Crippen LogP contribution < -0.4 is 10.1 Å².